The first-order chi connectivity index (χ1) is 9.04. The van der Waals surface area contributed by atoms with Crippen molar-refractivity contribution in [3.63, 3.8) is 0 Å². The molecule has 0 aliphatic carbocycles. The minimum absolute atomic E-state index is 0.0565. The SMILES string of the molecule is COc1ccc(N)cc1C(=O)N(C)C1CCOC1C. The summed E-state index contributed by atoms with van der Waals surface area (Å²) in [5.41, 5.74) is 6.79. The van der Waals surface area contributed by atoms with Gasteiger partial charge < -0.3 is 20.1 Å². The van der Waals surface area contributed by atoms with E-state index in [0.29, 0.717) is 23.6 Å². The van der Waals surface area contributed by atoms with Crippen molar-refractivity contribution < 1.29 is 14.3 Å². The number of nitrogen functional groups attached to an aromatic ring is 1. The maximum absolute atomic E-state index is 12.5. The number of likely N-dealkylation sites (N-methyl/N-ethyl adjacent to an activating group) is 1. The van der Waals surface area contributed by atoms with Gasteiger partial charge in [0.2, 0.25) is 0 Å². The van der Waals surface area contributed by atoms with E-state index in [0.717, 1.165) is 6.42 Å². The molecule has 19 heavy (non-hydrogen) atoms. The molecule has 1 amide bonds. The van der Waals surface area contributed by atoms with E-state index in [-0.39, 0.29) is 18.1 Å². The Labute approximate surface area is 113 Å². The van der Waals surface area contributed by atoms with Crippen LogP contribution in [0.3, 0.4) is 0 Å². The van der Waals surface area contributed by atoms with Crippen LogP contribution in [0.15, 0.2) is 18.2 Å². The second kappa shape index (κ2) is 5.48. The minimum atomic E-state index is -0.0912. The molecule has 1 heterocycles. The lowest BCUT2D eigenvalue weighted by molar-refractivity contribution is 0.0572. The van der Waals surface area contributed by atoms with E-state index < -0.39 is 0 Å². The van der Waals surface area contributed by atoms with Gasteiger partial charge in [-0.1, -0.05) is 0 Å². The van der Waals surface area contributed by atoms with Crippen LogP contribution in [0.1, 0.15) is 23.7 Å². The monoisotopic (exact) mass is 264 g/mol. The fourth-order valence-electron chi connectivity index (χ4n) is 2.46. The van der Waals surface area contributed by atoms with Gasteiger partial charge in [-0.05, 0) is 31.5 Å². The standard InChI is InChI=1S/C14H20N2O3/c1-9-12(6-7-19-9)16(2)14(17)11-8-10(15)4-5-13(11)18-3/h4-5,8-9,12H,6-7,15H2,1-3H3. The molecule has 104 valence electrons. The van der Waals surface area contributed by atoms with Gasteiger partial charge in [0.05, 0.1) is 24.8 Å². The third-order valence-corrected chi connectivity index (χ3v) is 3.61. The highest BCUT2D eigenvalue weighted by Crippen LogP contribution is 2.25. The van der Waals surface area contributed by atoms with Gasteiger partial charge in [0.1, 0.15) is 5.75 Å². The lowest BCUT2D eigenvalue weighted by Crippen LogP contribution is -2.41. The zero-order valence-corrected chi connectivity index (χ0v) is 11.6. The van der Waals surface area contributed by atoms with Crippen LogP contribution in [0.4, 0.5) is 5.69 Å². The molecule has 5 nitrogen and oxygen atoms in total. The van der Waals surface area contributed by atoms with Crippen LogP contribution in [0.5, 0.6) is 5.75 Å². The van der Waals surface area contributed by atoms with Crippen molar-refractivity contribution in [2.75, 3.05) is 26.5 Å². The van der Waals surface area contributed by atoms with Gasteiger partial charge in [0.25, 0.3) is 5.91 Å². The van der Waals surface area contributed by atoms with Gasteiger partial charge in [-0.2, -0.15) is 0 Å². The molecule has 1 fully saturated rings. The van der Waals surface area contributed by atoms with Gasteiger partial charge in [-0.3, -0.25) is 4.79 Å². The highest BCUT2D eigenvalue weighted by atomic mass is 16.5. The molecular formula is C14H20N2O3. The van der Waals surface area contributed by atoms with Crippen LogP contribution in [0, 0.1) is 0 Å². The molecule has 2 N–H and O–H groups in total. The van der Waals surface area contributed by atoms with Gasteiger partial charge >= 0.3 is 0 Å². The summed E-state index contributed by atoms with van der Waals surface area (Å²) >= 11 is 0. The Morgan fingerprint density at radius 1 is 1.53 bits per heavy atom. The molecule has 1 aliphatic heterocycles. The predicted octanol–water partition coefficient (Wildman–Crippen LogP) is 1.53. The van der Waals surface area contributed by atoms with E-state index in [1.54, 1.807) is 37.3 Å². The molecular weight excluding hydrogens is 244 g/mol. The lowest BCUT2D eigenvalue weighted by atomic mass is 10.1. The van der Waals surface area contributed by atoms with Crippen molar-refractivity contribution in [3.05, 3.63) is 23.8 Å². The number of nitrogens with two attached hydrogens (primary N) is 1. The second-order valence-corrected chi connectivity index (χ2v) is 4.81. The van der Waals surface area contributed by atoms with E-state index in [2.05, 4.69) is 0 Å². The third-order valence-electron chi connectivity index (χ3n) is 3.61. The summed E-state index contributed by atoms with van der Waals surface area (Å²) in [6.07, 6.45) is 0.912. The molecule has 1 aromatic rings. The maximum Gasteiger partial charge on any atom is 0.257 e. The Morgan fingerprint density at radius 2 is 2.26 bits per heavy atom. The zero-order chi connectivity index (χ0) is 14.0. The van der Waals surface area contributed by atoms with E-state index in [9.17, 15) is 4.79 Å². The maximum atomic E-state index is 12.5. The van der Waals surface area contributed by atoms with Crippen LogP contribution >= 0.6 is 0 Å². The molecule has 2 atom stereocenters. The van der Waals surface area contributed by atoms with E-state index >= 15 is 0 Å². The van der Waals surface area contributed by atoms with Crippen LogP contribution in [0.25, 0.3) is 0 Å². The Hall–Kier alpha value is -1.75. The molecule has 0 spiro atoms. The van der Waals surface area contributed by atoms with E-state index in [1.807, 2.05) is 6.92 Å². The minimum Gasteiger partial charge on any atom is -0.496 e. The predicted molar refractivity (Wildman–Crippen MR) is 73.3 cm³/mol. The van der Waals surface area contributed by atoms with Crippen molar-refractivity contribution in [1.29, 1.82) is 0 Å². The third kappa shape index (κ3) is 2.66. The Balaban J connectivity index is 2.25. The highest BCUT2D eigenvalue weighted by molar-refractivity contribution is 5.98. The number of benzene rings is 1. The van der Waals surface area contributed by atoms with Gasteiger partial charge in [-0.15, -0.1) is 0 Å². The number of ether oxygens (including phenoxy) is 2. The quantitative estimate of drug-likeness (QED) is 0.841. The summed E-state index contributed by atoms with van der Waals surface area (Å²) in [4.78, 5) is 14.3. The largest absolute Gasteiger partial charge is 0.496 e. The lowest BCUT2D eigenvalue weighted by Gasteiger charge is -2.27. The number of carbonyl (C=O) groups is 1. The number of rotatable bonds is 3. The first kappa shape index (κ1) is 13.7. The molecule has 0 bridgehead atoms. The second-order valence-electron chi connectivity index (χ2n) is 4.81. The average molecular weight is 264 g/mol. The number of hydrogen-bond acceptors (Lipinski definition) is 4. The van der Waals surface area contributed by atoms with Crippen LogP contribution in [0.2, 0.25) is 0 Å². The zero-order valence-electron chi connectivity index (χ0n) is 11.6. The summed E-state index contributed by atoms with van der Waals surface area (Å²) in [6, 6.07) is 5.18. The first-order valence-corrected chi connectivity index (χ1v) is 6.37. The summed E-state index contributed by atoms with van der Waals surface area (Å²) in [5.74, 6) is 0.448. The number of amides is 1. The topological polar surface area (TPSA) is 64.8 Å². The summed E-state index contributed by atoms with van der Waals surface area (Å²) in [7, 11) is 3.34. The highest BCUT2D eigenvalue weighted by Gasteiger charge is 2.31. The van der Waals surface area contributed by atoms with Crippen molar-refractivity contribution in [3.8, 4) is 5.75 Å². The first-order valence-electron chi connectivity index (χ1n) is 6.37. The molecule has 1 aliphatic rings. The Morgan fingerprint density at radius 3 is 2.84 bits per heavy atom. The van der Waals surface area contributed by atoms with Crippen LogP contribution in [-0.2, 0) is 4.74 Å². The summed E-state index contributed by atoms with van der Waals surface area (Å²) in [5, 5.41) is 0. The number of methoxy groups -OCH3 is 1. The molecule has 5 heteroatoms. The fraction of sp³-hybridized carbons (Fsp3) is 0.500. The normalized spacial score (nSPS) is 22.3. The van der Waals surface area contributed by atoms with Crippen molar-refractivity contribution in [1.82, 2.24) is 4.90 Å². The van der Waals surface area contributed by atoms with E-state index in [4.69, 9.17) is 15.2 Å². The number of carbonyl (C=O) groups excluding carboxylic acids is 1. The Bertz CT molecular complexity index is 476. The van der Waals surface area contributed by atoms with Crippen LogP contribution in [-0.4, -0.2) is 43.7 Å². The Kier molecular flexibility index (Phi) is 3.95. The summed E-state index contributed by atoms with van der Waals surface area (Å²) < 4.78 is 10.7. The molecule has 0 saturated carbocycles. The van der Waals surface area contributed by atoms with Crippen LogP contribution < -0.4 is 10.5 Å². The van der Waals surface area contributed by atoms with Crippen molar-refractivity contribution in [2.24, 2.45) is 0 Å². The molecule has 1 saturated heterocycles. The molecule has 0 radical (unpaired) electrons. The number of nitrogens with zero attached hydrogens (tertiary/aromatic N) is 1. The molecule has 2 unspecified atom stereocenters. The molecule has 1 aromatic carbocycles. The molecule has 2 rings (SSSR count). The van der Waals surface area contributed by atoms with E-state index in [1.165, 1.54) is 0 Å². The number of anilines is 1. The average Bonchev–Trinajstić information content (AvgIpc) is 2.83. The van der Waals surface area contributed by atoms with Gasteiger partial charge in [0.15, 0.2) is 0 Å². The molecule has 0 aromatic heterocycles. The van der Waals surface area contributed by atoms with Gasteiger partial charge in [0, 0.05) is 19.3 Å². The van der Waals surface area contributed by atoms with Gasteiger partial charge in [-0.25, -0.2) is 0 Å². The smallest absolute Gasteiger partial charge is 0.257 e. The van der Waals surface area contributed by atoms with Crippen molar-refractivity contribution >= 4 is 11.6 Å². The number of hydrogen-bond donors (Lipinski definition) is 1. The summed E-state index contributed by atoms with van der Waals surface area (Å²) in [6.45, 7) is 2.68. The van der Waals surface area contributed by atoms with Crippen molar-refractivity contribution in [2.45, 2.75) is 25.5 Å². The fourth-order valence-corrected chi connectivity index (χ4v) is 2.46.